The van der Waals surface area contributed by atoms with E-state index in [9.17, 15) is 0 Å². The lowest BCUT2D eigenvalue weighted by molar-refractivity contribution is 0.128. The van der Waals surface area contributed by atoms with Crippen LogP contribution in [0.2, 0.25) is 0 Å². The van der Waals surface area contributed by atoms with Crippen LogP contribution in [0.1, 0.15) is 45.1 Å². The molecule has 1 unspecified atom stereocenters. The second-order valence-corrected chi connectivity index (χ2v) is 6.84. The molecule has 0 amide bonds. The maximum atomic E-state index is 5.84. The third kappa shape index (κ3) is 5.62. The fourth-order valence-electron chi connectivity index (χ4n) is 2.74. The van der Waals surface area contributed by atoms with Gasteiger partial charge in [-0.05, 0) is 59.2 Å². The van der Waals surface area contributed by atoms with Gasteiger partial charge in [-0.2, -0.15) is 0 Å². The maximum absolute atomic E-state index is 5.84. The minimum absolute atomic E-state index is 0.00313. The number of unbranched alkanes of at least 4 members (excludes halogenated alkanes) is 3. The Bertz CT molecular complexity index is 414. The molecule has 1 aromatic rings. The average Bonchev–Trinajstić information content (AvgIpc) is 2.46. The fraction of sp³-hybridized carbons (Fsp3) is 0.684. The zero-order valence-electron chi connectivity index (χ0n) is 15.4. The van der Waals surface area contributed by atoms with E-state index in [1.807, 2.05) is 0 Å². The van der Waals surface area contributed by atoms with Crippen molar-refractivity contribution in [2.24, 2.45) is 0 Å². The Balaban J connectivity index is 2.65. The van der Waals surface area contributed by atoms with Gasteiger partial charge in [-0.1, -0.05) is 38.3 Å². The molecule has 22 heavy (non-hydrogen) atoms. The summed E-state index contributed by atoms with van der Waals surface area (Å²) < 4.78 is 5.84. The van der Waals surface area contributed by atoms with Gasteiger partial charge in [0.25, 0.3) is 0 Å². The second kappa shape index (κ2) is 9.16. The van der Waals surface area contributed by atoms with Crippen molar-refractivity contribution in [2.45, 2.75) is 45.1 Å². The van der Waals surface area contributed by atoms with Crippen LogP contribution in [-0.2, 0) is 5.54 Å². The van der Waals surface area contributed by atoms with Crippen molar-refractivity contribution in [3.05, 3.63) is 29.8 Å². The molecule has 0 heterocycles. The zero-order valence-corrected chi connectivity index (χ0v) is 15.4. The number of hydrogen-bond donors (Lipinski definition) is 0. The zero-order chi connectivity index (χ0) is 16.6. The van der Waals surface area contributed by atoms with E-state index in [1.165, 1.54) is 24.8 Å². The predicted octanol–water partition coefficient (Wildman–Crippen LogP) is 3.98. The SMILES string of the molecule is CCCCCCOc1ccc(C(C)(CN(C)C)N(C)C)cc1. The van der Waals surface area contributed by atoms with E-state index in [0.717, 1.165) is 25.3 Å². The number of ether oxygens (including phenoxy) is 1. The Morgan fingerprint density at radius 3 is 2.09 bits per heavy atom. The molecule has 0 saturated carbocycles. The minimum atomic E-state index is 0.00313. The minimum Gasteiger partial charge on any atom is -0.494 e. The Labute approximate surface area is 137 Å². The van der Waals surface area contributed by atoms with Crippen molar-refractivity contribution in [1.82, 2.24) is 9.80 Å². The van der Waals surface area contributed by atoms with Crippen LogP contribution in [0, 0.1) is 0 Å². The smallest absolute Gasteiger partial charge is 0.119 e. The van der Waals surface area contributed by atoms with Crippen LogP contribution >= 0.6 is 0 Å². The largest absolute Gasteiger partial charge is 0.494 e. The lowest BCUT2D eigenvalue weighted by atomic mass is 9.90. The van der Waals surface area contributed by atoms with Gasteiger partial charge in [0.1, 0.15) is 5.75 Å². The Morgan fingerprint density at radius 1 is 0.955 bits per heavy atom. The molecule has 0 bridgehead atoms. The van der Waals surface area contributed by atoms with Gasteiger partial charge >= 0.3 is 0 Å². The van der Waals surface area contributed by atoms with Gasteiger partial charge in [0.15, 0.2) is 0 Å². The third-order valence-corrected chi connectivity index (χ3v) is 4.35. The van der Waals surface area contributed by atoms with Crippen LogP contribution in [0.5, 0.6) is 5.75 Å². The highest BCUT2D eigenvalue weighted by atomic mass is 16.5. The van der Waals surface area contributed by atoms with Crippen LogP contribution in [0.25, 0.3) is 0 Å². The molecular weight excluding hydrogens is 272 g/mol. The summed E-state index contributed by atoms with van der Waals surface area (Å²) in [6.45, 7) is 6.32. The molecule has 0 radical (unpaired) electrons. The van der Waals surface area contributed by atoms with Gasteiger partial charge in [-0.3, -0.25) is 4.90 Å². The van der Waals surface area contributed by atoms with Crippen molar-refractivity contribution < 1.29 is 4.74 Å². The first-order valence-electron chi connectivity index (χ1n) is 8.45. The van der Waals surface area contributed by atoms with E-state index < -0.39 is 0 Å². The van der Waals surface area contributed by atoms with Crippen LogP contribution in [0.3, 0.4) is 0 Å². The molecule has 0 saturated heterocycles. The molecule has 1 aromatic carbocycles. The van der Waals surface area contributed by atoms with E-state index in [2.05, 4.69) is 76.1 Å². The second-order valence-electron chi connectivity index (χ2n) is 6.84. The summed E-state index contributed by atoms with van der Waals surface area (Å²) in [5, 5.41) is 0. The molecule has 0 fully saturated rings. The van der Waals surface area contributed by atoms with Crippen LogP contribution in [0.15, 0.2) is 24.3 Å². The molecule has 0 spiro atoms. The summed E-state index contributed by atoms with van der Waals surface area (Å²) in [5.41, 5.74) is 1.33. The highest BCUT2D eigenvalue weighted by molar-refractivity contribution is 5.32. The fourth-order valence-corrected chi connectivity index (χ4v) is 2.74. The molecule has 126 valence electrons. The maximum Gasteiger partial charge on any atom is 0.119 e. The predicted molar refractivity (Wildman–Crippen MR) is 95.7 cm³/mol. The van der Waals surface area contributed by atoms with E-state index >= 15 is 0 Å². The number of rotatable bonds is 10. The van der Waals surface area contributed by atoms with Crippen molar-refractivity contribution in [3.63, 3.8) is 0 Å². The Morgan fingerprint density at radius 2 is 1.59 bits per heavy atom. The monoisotopic (exact) mass is 306 g/mol. The van der Waals surface area contributed by atoms with Gasteiger partial charge in [-0.15, -0.1) is 0 Å². The molecule has 0 aliphatic rings. The topological polar surface area (TPSA) is 15.7 Å². The molecule has 0 aliphatic carbocycles. The van der Waals surface area contributed by atoms with E-state index in [1.54, 1.807) is 0 Å². The molecule has 0 N–H and O–H groups in total. The van der Waals surface area contributed by atoms with Gasteiger partial charge in [0.05, 0.1) is 12.1 Å². The summed E-state index contributed by atoms with van der Waals surface area (Å²) in [4.78, 5) is 4.52. The third-order valence-electron chi connectivity index (χ3n) is 4.35. The normalized spacial score (nSPS) is 14.4. The van der Waals surface area contributed by atoms with Crippen LogP contribution < -0.4 is 4.74 Å². The van der Waals surface area contributed by atoms with Crippen LogP contribution in [0.4, 0.5) is 0 Å². The molecular formula is C19H34N2O. The Hall–Kier alpha value is -1.06. The lowest BCUT2D eigenvalue weighted by Crippen LogP contribution is -2.46. The number of nitrogens with zero attached hydrogens (tertiary/aromatic N) is 2. The van der Waals surface area contributed by atoms with E-state index in [-0.39, 0.29) is 5.54 Å². The summed E-state index contributed by atoms with van der Waals surface area (Å²) in [7, 11) is 8.52. The number of benzene rings is 1. The average molecular weight is 306 g/mol. The van der Waals surface area contributed by atoms with Crippen molar-refractivity contribution in [3.8, 4) is 5.75 Å². The summed E-state index contributed by atoms with van der Waals surface area (Å²) in [5.74, 6) is 0.978. The van der Waals surface area contributed by atoms with Crippen molar-refractivity contribution >= 4 is 0 Å². The number of likely N-dealkylation sites (N-methyl/N-ethyl adjacent to an activating group) is 2. The van der Waals surface area contributed by atoms with E-state index in [4.69, 9.17) is 4.74 Å². The first-order valence-corrected chi connectivity index (χ1v) is 8.45. The Kier molecular flexibility index (Phi) is 7.91. The molecule has 1 rings (SSSR count). The summed E-state index contributed by atoms with van der Waals surface area (Å²) in [6, 6.07) is 8.61. The van der Waals surface area contributed by atoms with Crippen molar-refractivity contribution in [1.29, 1.82) is 0 Å². The number of hydrogen-bond acceptors (Lipinski definition) is 3. The molecule has 3 heteroatoms. The van der Waals surface area contributed by atoms with Gasteiger partial charge in [-0.25, -0.2) is 0 Å². The standard InChI is InChI=1S/C19H34N2O/c1-7-8-9-10-15-22-18-13-11-17(12-14-18)19(2,21(5)6)16-20(3)4/h11-14H,7-10,15-16H2,1-6H3. The van der Waals surface area contributed by atoms with Gasteiger partial charge < -0.3 is 9.64 Å². The highest BCUT2D eigenvalue weighted by Crippen LogP contribution is 2.28. The first kappa shape index (κ1) is 19.0. The van der Waals surface area contributed by atoms with Gasteiger partial charge in [0.2, 0.25) is 0 Å². The summed E-state index contributed by atoms with van der Waals surface area (Å²) >= 11 is 0. The molecule has 0 aromatic heterocycles. The molecule has 1 atom stereocenters. The van der Waals surface area contributed by atoms with Gasteiger partial charge in [0, 0.05) is 6.54 Å². The highest BCUT2D eigenvalue weighted by Gasteiger charge is 2.29. The molecule has 3 nitrogen and oxygen atoms in total. The first-order chi connectivity index (χ1) is 10.4. The van der Waals surface area contributed by atoms with Crippen LogP contribution in [-0.4, -0.2) is 51.1 Å². The quantitative estimate of drug-likeness (QED) is 0.608. The van der Waals surface area contributed by atoms with E-state index in [0.29, 0.717) is 0 Å². The van der Waals surface area contributed by atoms with Crippen molar-refractivity contribution in [2.75, 3.05) is 41.3 Å². The lowest BCUT2D eigenvalue weighted by Gasteiger charge is -2.39. The molecule has 0 aliphatic heterocycles. The summed E-state index contributed by atoms with van der Waals surface area (Å²) in [6.07, 6.45) is 4.97.